The zero-order valence-electron chi connectivity index (χ0n) is 24.7. The molecule has 2 aromatic carbocycles. The molecular weight excluding hydrogens is 540 g/mol. The summed E-state index contributed by atoms with van der Waals surface area (Å²) in [4.78, 5) is 16.4. The molecule has 0 atom stereocenters. The number of halogens is 1. The number of aromatic nitrogens is 2. The Kier molecular flexibility index (Phi) is 9.37. The van der Waals surface area contributed by atoms with Crippen LogP contribution in [-0.2, 0) is 6.61 Å². The number of ether oxygens (including phenoxy) is 3. The number of rotatable bonds is 9. The first-order valence-corrected chi connectivity index (χ1v) is 14.6. The van der Waals surface area contributed by atoms with Crippen LogP contribution in [-0.4, -0.2) is 86.3 Å². The number of aryl methyl sites for hydroxylation is 1. The van der Waals surface area contributed by atoms with Gasteiger partial charge in [0.2, 0.25) is 5.95 Å². The summed E-state index contributed by atoms with van der Waals surface area (Å²) in [5.41, 5.74) is 4.78. The molecule has 9 nitrogen and oxygen atoms in total. The van der Waals surface area contributed by atoms with E-state index in [0.29, 0.717) is 29.4 Å². The van der Waals surface area contributed by atoms with Gasteiger partial charge in [0.1, 0.15) is 18.1 Å². The lowest BCUT2D eigenvalue weighted by Gasteiger charge is -2.42. The molecule has 10 heteroatoms. The van der Waals surface area contributed by atoms with Gasteiger partial charge >= 0.3 is 0 Å². The van der Waals surface area contributed by atoms with E-state index in [-0.39, 0.29) is 0 Å². The first-order valence-electron chi connectivity index (χ1n) is 14.3. The highest BCUT2D eigenvalue weighted by molar-refractivity contribution is 6.32. The van der Waals surface area contributed by atoms with Gasteiger partial charge in [-0.2, -0.15) is 0 Å². The van der Waals surface area contributed by atoms with Gasteiger partial charge < -0.3 is 29.3 Å². The van der Waals surface area contributed by atoms with Gasteiger partial charge in [0.25, 0.3) is 0 Å². The fourth-order valence-corrected chi connectivity index (χ4v) is 5.97. The van der Waals surface area contributed by atoms with Gasteiger partial charge in [-0.15, -0.1) is 0 Å². The van der Waals surface area contributed by atoms with Gasteiger partial charge in [-0.25, -0.2) is 9.97 Å². The summed E-state index contributed by atoms with van der Waals surface area (Å²) in [7, 11) is 5.59. The van der Waals surface area contributed by atoms with E-state index in [0.717, 1.165) is 52.7 Å². The maximum atomic E-state index is 6.54. The molecule has 3 heterocycles. The first-order chi connectivity index (χ1) is 19.9. The molecule has 0 amide bonds. The Hall–Kier alpha value is -3.27. The van der Waals surface area contributed by atoms with E-state index < -0.39 is 0 Å². The number of hydrogen-bond acceptors (Lipinski definition) is 9. The summed E-state index contributed by atoms with van der Waals surface area (Å²) in [5, 5.41) is 3.96. The zero-order valence-corrected chi connectivity index (χ0v) is 25.5. The molecule has 0 radical (unpaired) electrons. The lowest BCUT2D eigenvalue weighted by molar-refractivity contribution is 0.0981. The molecule has 0 unspecified atom stereocenters. The largest absolute Gasteiger partial charge is 0.496 e. The number of piperazine rings is 1. The fourth-order valence-electron chi connectivity index (χ4n) is 5.72. The maximum absolute atomic E-state index is 6.54. The van der Waals surface area contributed by atoms with Crippen molar-refractivity contribution in [3.05, 3.63) is 58.4 Å². The van der Waals surface area contributed by atoms with Crippen LogP contribution in [0.5, 0.6) is 17.2 Å². The van der Waals surface area contributed by atoms with Crippen LogP contribution in [0.1, 0.15) is 29.5 Å². The highest BCUT2D eigenvalue weighted by atomic mass is 35.5. The average molecular weight is 581 g/mol. The van der Waals surface area contributed by atoms with Crippen LogP contribution in [0.2, 0.25) is 5.02 Å². The minimum Gasteiger partial charge on any atom is -0.496 e. The van der Waals surface area contributed by atoms with Crippen molar-refractivity contribution in [3.8, 4) is 17.2 Å². The lowest BCUT2D eigenvalue weighted by Crippen LogP contribution is -2.52. The molecule has 2 aliphatic heterocycles. The van der Waals surface area contributed by atoms with Crippen molar-refractivity contribution in [1.82, 2.24) is 19.8 Å². The highest BCUT2D eigenvalue weighted by Crippen LogP contribution is 2.35. The van der Waals surface area contributed by atoms with Crippen molar-refractivity contribution in [3.63, 3.8) is 0 Å². The molecule has 0 saturated carbocycles. The Morgan fingerprint density at radius 3 is 2.27 bits per heavy atom. The Labute approximate surface area is 248 Å². The minimum atomic E-state index is 0.296. The summed E-state index contributed by atoms with van der Waals surface area (Å²) < 4.78 is 17.2. The smallest absolute Gasteiger partial charge is 0.227 e. The van der Waals surface area contributed by atoms with E-state index in [1.54, 1.807) is 26.6 Å². The van der Waals surface area contributed by atoms with E-state index >= 15 is 0 Å². The molecule has 0 aliphatic carbocycles. The number of benzene rings is 2. The van der Waals surface area contributed by atoms with Crippen molar-refractivity contribution in [2.75, 3.05) is 70.8 Å². The number of likely N-dealkylation sites (N-methyl/N-ethyl adjacent to an activating group) is 1. The number of anilines is 3. The second-order valence-electron chi connectivity index (χ2n) is 10.9. The van der Waals surface area contributed by atoms with Crippen molar-refractivity contribution in [2.45, 2.75) is 39.3 Å². The molecule has 2 saturated heterocycles. The van der Waals surface area contributed by atoms with Crippen LogP contribution in [0.3, 0.4) is 0 Å². The summed E-state index contributed by atoms with van der Waals surface area (Å²) in [6.45, 7) is 11.0. The molecule has 1 aromatic heterocycles. The zero-order chi connectivity index (χ0) is 28.9. The molecular formula is C31H41ClN6O3. The third kappa shape index (κ3) is 6.80. The number of methoxy groups -OCH3 is 2. The minimum absolute atomic E-state index is 0.296. The van der Waals surface area contributed by atoms with Gasteiger partial charge in [-0.1, -0.05) is 11.6 Å². The lowest BCUT2D eigenvalue weighted by atomic mass is 10.0. The predicted molar refractivity (Wildman–Crippen MR) is 164 cm³/mol. The maximum Gasteiger partial charge on any atom is 0.227 e. The van der Waals surface area contributed by atoms with Gasteiger partial charge in [-0.05, 0) is 63.1 Å². The summed E-state index contributed by atoms with van der Waals surface area (Å²) in [6, 6.07) is 8.79. The fraction of sp³-hybridized carbons (Fsp3) is 0.484. The Balaban J connectivity index is 1.18. The second-order valence-corrected chi connectivity index (χ2v) is 11.3. The third-order valence-corrected chi connectivity index (χ3v) is 8.83. The normalized spacial score (nSPS) is 17.0. The predicted octanol–water partition coefficient (Wildman–Crippen LogP) is 5.30. The average Bonchev–Trinajstić information content (AvgIpc) is 3.00. The topological polar surface area (TPSA) is 75.2 Å². The Morgan fingerprint density at radius 1 is 0.927 bits per heavy atom. The Bertz CT molecular complexity index is 1320. The second kappa shape index (κ2) is 13.1. The number of piperidine rings is 1. The molecule has 0 spiro atoms. The van der Waals surface area contributed by atoms with E-state index in [2.05, 4.69) is 43.1 Å². The van der Waals surface area contributed by atoms with Crippen molar-refractivity contribution < 1.29 is 14.2 Å². The molecule has 220 valence electrons. The number of nitrogens with one attached hydrogen (secondary N) is 1. The standard InChI is InChI=1S/C31H41ClN6O3/c1-21-16-28(39-4)22(2)26(30(21)32)20-41-25-18-33-31(34-19-25)35-23-6-7-27(29(17-23)40-5)38-10-8-24(9-11-38)37-14-12-36(3)13-15-37/h6-7,16-19,24H,8-15,20H2,1-5H3,(H,33,34,35). The van der Waals surface area contributed by atoms with Crippen LogP contribution in [0.4, 0.5) is 17.3 Å². The molecule has 0 bridgehead atoms. The van der Waals surface area contributed by atoms with Crippen LogP contribution in [0.15, 0.2) is 36.7 Å². The molecule has 41 heavy (non-hydrogen) atoms. The van der Waals surface area contributed by atoms with Crippen LogP contribution in [0, 0.1) is 13.8 Å². The number of hydrogen-bond donors (Lipinski definition) is 1. The number of nitrogens with zero attached hydrogens (tertiary/aromatic N) is 5. The van der Waals surface area contributed by atoms with Crippen molar-refractivity contribution in [2.24, 2.45) is 0 Å². The van der Waals surface area contributed by atoms with Crippen molar-refractivity contribution in [1.29, 1.82) is 0 Å². The van der Waals surface area contributed by atoms with Gasteiger partial charge in [-0.3, -0.25) is 4.90 Å². The molecule has 2 fully saturated rings. The SMILES string of the molecule is COc1cc(Nc2ncc(OCc3c(C)c(OC)cc(C)c3Cl)cn2)ccc1N1CCC(N2CCN(C)CC2)CC1. The molecule has 3 aromatic rings. The summed E-state index contributed by atoms with van der Waals surface area (Å²) >= 11 is 6.54. The van der Waals surface area contributed by atoms with E-state index in [1.807, 2.05) is 32.0 Å². The summed E-state index contributed by atoms with van der Waals surface area (Å²) in [5.74, 6) is 2.66. The molecule has 5 rings (SSSR count). The van der Waals surface area contributed by atoms with Crippen molar-refractivity contribution >= 4 is 28.9 Å². The quantitative estimate of drug-likeness (QED) is 0.363. The van der Waals surface area contributed by atoms with Crippen LogP contribution in [0.25, 0.3) is 0 Å². The van der Waals surface area contributed by atoms with Gasteiger partial charge in [0, 0.05) is 62.6 Å². The first kappa shape index (κ1) is 29.2. The van der Waals surface area contributed by atoms with Gasteiger partial charge in [0.05, 0.1) is 37.3 Å². The molecule has 2 aliphatic rings. The monoisotopic (exact) mass is 580 g/mol. The third-order valence-electron chi connectivity index (χ3n) is 8.31. The summed E-state index contributed by atoms with van der Waals surface area (Å²) in [6.07, 6.45) is 5.67. The van der Waals surface area contributed by atoms with Crippen LogP contribution < -0.4 is 24.4 Å². The van der Waals surface area contributed by atoms with E-state index in [9.17, 15) is 0 Å². The Morgan fingerprint density at radius 2 is 1.61 bits per heavy atom. The molecule has 1 N–H and O–H groups in total. The van der Waals surface area contributed by atoms with Crippen LogP contribution >= 0.6 is 11.6 Å². The van der Waals surface area contributed by atoms with Gasteiger partial charge in [0.15, 0.2) is 5.75 Å². The highest BCUT2D eigenvalue weighted by Gasteiger charge is 2.27. The van der Waals surface area contributed by atoms with E-state index in [4.69, 9.17) is 25.8 Å². The van der Waals surface area contributed by atoms with E-state index in [1.165, 1.54) is 39.0 Å².